The van der Waals surface area contributed by atoms with Crippen LogP contribution in [0.15, 0.2) is 0 Å². The van der Waals surface area contributed by atoms with E-state index in [2.05, 4.69) is 31.4 Å². The van der Waals surface area contributed by atoms with E-state index >= 15 is 0 Å². The summed E-state index contributed by atoms with van der Waals surface area (Å²) in [5.41, 5.74) is 10.9. The van der Waals surface area contributed by atoms with Gasteiger partial charge < -0.3 is 16.4 Å². The number of piperidine rings is 1. The number of fused-ring (bicyclic) bond motifs is 3. The fraction of sp³-hybridized carbons (Fsp3) is 0.900. The maximum absolute atomic E-state index is 13.2. The van der Waals surface area contributed by atoms with Gasteiger partial charge in [0.05, 0.1) is 6.04 Å². The molecule has 0 aromatic heterocycles. The minimum atomic E-state index is -0.262. The lowest BCUT2D eigenvalue weighted by atomic mass is 9.54. The molecule has 0 radical (unpaired) electrons. The first kappa shape index (κ1) is 18.7. The van der Waals surface area contributed by atoms with Gasteiger partial charge in [-0.15, -0.1) is 0 Å². The predicted molar refractivity (Wildman–Crippen MR) is 98.4 cm³/mol. The zero-order valence-electron chi connectivity index (χ0n) is 16.0. The fourth-order valence-corrected chi connectivity index (χ4v) is 6.67. The molecule has 3 unspecified atom stereocenters. The largest absolute Gasteiger partial charge is 0.372 e. The van der Waals surface area contributed by atoms with Gasteiger partial charge in [-0.25, -0.2) is 0 Å². The lowest BCUT2D eigenvalue weighted by Gasteiger charge is -2.53. The SMILES string of the molecule is CC1CC2CC(C)CC(C(N)C(=O)N3[C@H](C)C[C@@H]4C[C@@H]43)(C1)C2.NC=O. The summed E-state index contributed by atoms with van der Waals surface area (Å²) in [5.74, 6) is 3.33. The molecule has 1 heterocycles. The Balaban J connectivity index is 0.000000569. The van der Waals surface area contributed by atoms with E-state index in [4.69, 9.17) is 10.5 Å². The van der Waals surface area contributed by atoms with Crippen LogP contribution < -0.4 is 11.5 Å². The molecule has 3 saturated carbocycles. The molecular weight excluding hydrogens is 314 g/mol. The van der Waals surface area contributed by atoms with Gasteiger partial charge in [0, 0.05) is 12.1 Å². The Morgan fingerprint density at radius 1 is 1.08 bits per heavy atom. The van der Waals surface area contributed by atoms with E-state index in [1.54, 1.807) is 0 Å². The Morgan fingerprint density at radius 2 is 1.64 bits per heavy atom. The first-order valence-corrected chi connectivity index (χ1v) is 10.0. The van der Waals surface area contributed by atoms with Crippen LogP contribution in [0, 0.1) is 29.1 Å². The van der Waals surface area contributed by atoms with E-state index in [9.17, 15) is 4.79 Å². The van der Waals surface area contributed by atoms with E-state index in [0.717, 1.165) is 36.5 Å². The first-order chi connectivity index (χ1) is 11.8. The van der Waals surface area contributed by atoms with Gasteiger partial charge in [0.1, 0.15) is 0 Å². The van der Waals surface area contributed by atoms with Gasteiger partial charge >= 0.3 is 0 Å². The van der Waals surface area contributed by atoms with Crippen LogP contribution >= 0.6 is 0 Å². The van der Waals surface area contributed by atoms with Crippen LogP contribution in [-0.4, -0.2) is 35.3 Å². The number of primary amides is 1. The van der Waals surface area contributed by atoms with Crippen molar-refractivity contribution >= 4 is 12.3 Å². The van der Waals surface area contributed by atoms with Crippen molar-refractivity contribution in [2.45, 2.75) is 83.8 Å². The van der Waals surface area contributed by atoms with Crippen molar-refractivity contribution in [1.29, 1.82) is 0 Å². The minimum Gasteiger partial charge on any atom is -0.372 e. The molecule has 5 nitrogen and oxygen atoms in total. The number of amides is 2. The number of likely N-dealkylation sites (tertiary alicyclic amines) is 1. The summed E-state index contributed by atoms with van der Waals surface area (Å²) in [4.78, 5) is 24.0. The standard InChI is InChI=1S/C19H32N2O.CH3NO/c1-11-4-14-5-12(2)9-19(8-11,10-14)17(20)18(22)21-13(3)6-15-7-16(15)21;2-1-3/h11-17H,4-10,20H2,1-3H3;1H,(H2,2,3)/t11?,12?,13-,14?,15-,16+,17?,19?;/m1./s1. The van der Waals surface area contributed by atoms with E-state index in [-0.39, 0.29) is 23.8 Å². The highest BCUT2D eigenvalue weighted by molar-refractivity contribution is 5.84. The average molecular weight is 350 g/mol. The van der Waals surface area contributed by atoms with Crippen molar-refractivity contribution in [2.75, 3.05) is 0 Å². The van der Waals surface area contributed by atoms with Crippen LogP contribution in [0.1, 0.15) is 65.7 Å². The van der Waals surface area contributed by atoms with E-state index in [0.29, 0.717) is 12.1 Å². The maximum atomic E-state index is 13.2. The van der Waals surface area contributed by atoms with Gasteiger partial charge in [0.2, 0.25) is 12.3 Å². The zero-order chi connectivity index (χ0) is 18.4. The van der Waals surface area contributed by atoms with Crippen LogP contribution in [0.25, 0.3) is 0 Å². The molecular formula is C20H35N3O2. The number of hydrogen-bond donors (Lipinski definition) is 2. The van der Waals surface area contributed by atoms with Crippen LogP contribution in [0.4, 0.5) is 0 Å². The Hall–Kier alpha value is -1.10. The number of carbonyl (C=O) groups is 2. The second-order valence-electron chi connectivity index (χ2n) is 9.53. The Kier molecular flexibility index (Phi) is 5.16. The molecule has 2 amide bonds. The number of hydrogen-bond acceptors (Lipinski definition) is 3. The molecule has 4 fully saturated rings. The third kappa shape index (κ3) is 3.44. The summed E-state index contributed by atoms with van der Waals surface area (Å²) in [6.45, 7) is 6.94. The quantitative estimate of drug-likeness (QED) is 0.750. The fourth-order valence-electron chi connectivity index (χ4n) is 6.67. The molecule has 1 saturated heterocycles. The van der Waals surface area contributed by atoms with Gasteiger partial charge in [0.25, 0.3) is 0 Å². The molecule has 1 aliphatic heterocycles. The molecule has 0 aromatic carbocycles. The average Bonchev–Trinajstić information content (AvgIpc) is 3.16. The molecule has 4 aliphatic rings. The summed E-state index contributed by atoms with van der Waals surface area (Å²) < 4.78 is 0. The zero-order valence-corrected chi connectivity index (χ0v) is 16.0. The maximum Gasteiger partial charge on any atom is 0.240 e. The topological polar surface area (TPSA) is 89.4 Å². The summed E-state index contributed by atoms with van der Waals surface area (Å²) in [6.07, 6.45) is 8.89. The van der Waals surface area contributed by atoms with Crippen LogP contribution in [0.5, 0.6) is 0 Å². The Labute approximate surface area is 151 Å². The smallest absolute Gasteiger partial charge is 0.240 e. The summed E-state index contributed by atoms with van der Waals surface area (Å²) in [7, 11) is 0. The summed E-state index contributed by atoms with van der Waals surface area (Å²) >= 11 is 0. The van der Waals surface area contributed by atoms with Crippen molar-refractivity contribution in [3.05, 3.63) is 0 Å². The monoisotopic (exact) mass is 349 g/mol. The molecule has 0 aromatic rings. The van der Waals surface area contributed by atoms with E-state index in [1.165, 1.54) is 32.1 Å². The first-order valence-electron chi connectivity index (χ1n) is 10.0. The highest BCUT2D eigenvalue weighted by Gasteiger charge is 2.56. The van der Waals surface area contributed by atoms with E-state index < -0.39 is 0 Å². The number of rotatable bonds is 2. The summed E-state index contributed by atoms with van der Waals surface area (Å²) in [5, 5.41) is 0. The van der Waals surface area contributed by atoms with Gasteiger partial charge in [0.15, 0.2) is 0 Å². The number of carbonyl (C=O) groups excluding carboxylic acids is 2. The third-order valence-corrected chi connectivity index (χ3v) is 7.22. The van der Waals surface area contributed by atoms with Crippen LogP contribution in [0.2, 0.25) is 0 Å². The van der Waals surface area contributed by atoms with Crippen LogP contribution in [0.3, 0.4) is 0 Å². The molecule has 3 aliphatic carbocycles. The molecule has 4 N–H and O–H groups in total. The molecule has 2 bridgehead atoms. The third-order valence-electron chi connectivity index (χ3n) is 7.22. The van der Waals surface area contributed by atoms with Gasteiger partial charge in [-0.3, -0.25) is 9.59 Å². The number of nitrogens with two attached hydrogens (primary N) is 2. The molecule has 4 rings (SSSR count). The van der Waals surface area contributed by atoms with Gasteiger partial charge in [-0.1, -0.05) is 13.8 Å². The van der Waals surface area contributed by atoms with Crippen molar-refractivity contribution in [3.8, 4) is 0 Å². The highest BCUT2D eigenvalue weighted by atomic mass is 16.2. The van der Waals surface area contributed by atoms with Gasteiger partial charge in [-0.05, 0) is 81.0 Å². The van der Waals surface area contributed by atoms with Gasteiger partial charge in [-0.2, -0.15) is 0 Å². The Bertz CT molecular complexity index is 502. The predicted octanol–water partition coefficient (Wildman–Crippen LogP) is 2.28. The molecule has 25 heavy (non-hydrogen) atoms. The van der Waals surface area contributed by atoms with Crippen molar-refractivity contribution in [2.24, 2.45) is 40.6 Å². The molecule has 5 heteroatoms. The second-order valence-corrected chi connectivity index (χ2v) is 9.53. The number of nitrogens with zero attached hydrogens (tertiary/aromatic N) is 1. The lowest BCUT2D eigenvalue weighted by molar-refractivity contribution is -0.141. The second kappa shape index (κ2) is 6.90. The minimum absolute atomic E-state index is 0.0871. The highest BCUT2D eigenvalue weighted by Crippen LogP contribution is 2.55. The van der Waals surface area contributed by atoms with Crippen LogP contribution in [-0.2, 0) is 9.59 Å². The normalized spacial score (nSPS) is 45.7. The molecule has 142 valence electrons. The summed E-state index contributed by atoms with van der Waals surface area (Å²) in [6, 6.07) is 0.682. The molecule has 6 atom stereocenters. The van der Waals surface area contributed by atoms with E-state index in [1.807, 2.05) is 0 Å². The Morgan fingerprint density at radius 3 is 2.12 bits per heavy atom. The van der Waals surface area contributed by atoms with Crippen molar-refractivity contribution in [1.82, 2.24) is 4.90 Å². The lowest BCUT2D eigenvalue weighted by Crippen LogP contribution is -2.58. The molecule has 0 spiro atoms. The van der Waals surface area contributed by atoms with Crippen molar-refractivity contribution < 1.29 is 9.59 Å². The van der Waals surface area contributed by atoms with Crippen molar-refractivity contribution in [3.63, 3.8) is 0 Å².